The van der Waals surface area contributed by atoms with Gasteiger partial charge in [-0.2, -0.15) is 0 Å². The SMILES string of the molecule is Cc1ccc(N2C(=O)C(Cl)=C(Nc3ccc(C(=O)Nc4ccc(Cl)cc4Cl)cc3)C2=O)cc1Cl. The summed E-state index contributed by atoms with van der Waals surface area (Å²) in [7, 11) is 0. The third kappa shape index (κ3) is 4.76. The van der Waals surface area contributed by atoms with Gasteiger partial charge in [0.1, 0.15) is 10.7 Å². The number of anilines is 3. The summed E-state index contributed by atoms with van der Waals surface area (Å²) in [4.78, 5) is 39.1. The molecule has 0 fully saturated rings. The maximum Gasteiger partial charge on any atom is 0.283 e. The first-order chi connectivity index (χ1) is 16.2. The number of rotatable bonds is 5. The lowest BCUT2D eigenvalue weighted by Crippen LogP contribution is -2.32. The van der Waals surface area contributed by atoms with E-state index in [0.717, 1.165) is 10.5 Å². The van der Waals surface area contributed by atoms with Crippen molar-refractivity contribution in [2.45, 2.75) is 6.92 Å². The van der Waals surface area contributed by atoms with E-state index in [1.807, 2.05) is 6.92 Å². The highest BCUT2D eigenvalue weighted by Gasteiger charge is 2.39. The number of carbonyl (C=O) groups excluding carboxylic acids is 3. The van der Waals surface area contributed by atoms with Gasteiger partial charge in [-0.05, 0) is 67.1 Å². The van der Waals surface area contributed by atoms with Gasteiger partial charge in [-0.1, -0.05) is 52.5 Å². The number of benzene rings is 3. The predicted octanol–water partition coefficient (Wildman–Crippen LogP) is 6.64. The molecule has 0 saturated heterocycles. The van der Waals surface area contributed by atoms with Crippen LogP contribution in [0.4, 0.5) is 17.1 Å². The quantitative estimate of drug-likeness (QED) is 0.359. The summed E-state index contributed by atoms with van der Waals surface area (Å²) in [6.45, 7) is 1.81. The van der Waals surface area contributed by atoms with Gasteiger partial charge >= 0.3 is 0 Å². The van der Waals surface area contributed by atoms with Crippen LogP contribution in [0, 0.1) is 6.92 Å². The Morgan fingerprint density at radius 2 is 1.53 bits per heavy atom. The topological polar surface area (TPSA) is 78.5 Å². The van der Waals surface area contributed by atoms with Crippen LogP contribution in [0.5, 0.6) is 0 Å². The van der Waals surface area contributed by atoms with E-state index >= 15 is 0 Å². The minimum Gasteiger partial charge on any atom is -0.350 e. The second-order valence-electron chi connectivity index (χ2n) is 7.35. The van der Waals surface area contributed by atoms with Gasteiger partial charge in [-0.15, -0.1) is 0 Å². The minimum atomic E-state index is -0.662. The molecule has 0 atom stereocenters. The maximum absolute atomic E-state index is 12.9. The molecule has 10 heteroatoms. The molecule has 3 amide bonds. The molecule has 0 aliphatic carbocycles. The molecule has 0 unspecified atom stereocenters. The zero-order valence-corrected chi connectivity index (χ0v) is 20.5. The van der Waals surface area contributed by atoms with Gasteiger partial charge in [0.05, 0.1) is 16.4 Å². The molecule has 1 heterocycles. The molecule has 1 aliphatic heterocycles. The summed E-state index contributed by atoms with van der Waals surface area (Å²) in [5.41, 5.74) is 2.27. The molecule has 4 rings (SSSR count). The van der Waals surface area contributed by atoms with E-state index in [9.17, 15) is 14.4 Å². The summed E-state index contributed by atoms with van der Waals surface area (Å²) in [6.07, 6.45) is 0. The van der Waals surface area contributed by atoms with Crippen molar-refractivity contribution in [2.75, 3.05) is 15.5 Å². The number of carbonyl (C=O) groups is 3. The molecule has 6 nitrogen and oxygen atoms in total. The van der Waals surface area contributed by atoms with Crippen LogP contribution in [0.15, 0.2) is 71.4 Å². The number of hydrogen-bond acceptors (Lipinski definition) is 4. The Hall–Kier alpha value is -3.03. The summed E-state index contributed by atoms with van der Waals surface area (Å²) in [5.74, 6) is -1.67. The highest BCUT2D eigenvalue weighted by atomic mass is 35.5. The van der Waals surface area contributed by atoms with Crippen LogP contribution in [0.25, 0.3) is 0 Å². The first-order valence-corrected chi connectivity index (χ1v) is 11.3. The molecular weight excluding hydrogens is 520 g/mol. The molecule has 2 N–H and O–H groups in total. The molecule has 0 bridgehead atoms. The number of hydrogen-bond donors (Lipinski definition) is 2. The van der Waals surface area contributed by atoms with E-state index in [-0.39, 0.29) is 16.6 Å². The van der Waals surface area contributed by atoms with Crippen LogP contribution in [-0.2, 0) is 9.59 Å². The van der Waals surface area contributed by atoms with Crippen molar-refractivity contribution in [3.05, 3.63) is 97.6 Å². The van der Waals surface area contributed by atoms with Crippen LogP contribution >= 0.6 is 46.4 Å². The lowest BCUT2D eigenvalue weighted by Gasteiger charge is -2.16. The Bertz CT molecular complexity index is 1370. The molecule has 1 aliphatic rings. The van der Waals surface area contributed by atoms with Crippen molar-refractivity contribution >= 4 is 81.2 Å². The van der Waals surface area contributed by atoms with Crippen LogP contribution in [-0.4, -0.2) is 17.7 Å². The van der Waals surface area contributed by atoms with Crippen molar-refractivity contribution in [3.8, 4) is 0 Å². The van der Waals surface area contributed by atoms with Crippen molar-refractivity contribution in [1.82, 2.24) is 0 Å². The second-order valence-corrected chi connectivity index (χ2v) is 8.98. The summed E-state index contributed by atoms with van der Waals surface area (Å²) in [6, 6.07) is 15.9. The van der Waals surface area contributed by atoms with Gasteiger partial charge < -0.3 is 10.6 Å². The third-order valence-corrected chi connectivity index (χ3v) is 6.34. The van der Waals surface area contributed by atoms with Gasteiger partial charge in [0.15, 0.2) is 0 Å². The zero-order chi connectivity index (χ0) is 24.6. The van der Waals surface area contributed by atoms with E-state index in [1.165, 1.54) is 12.1 Å². The third-order valence-electron chi connectivity index (χ3n) is 5.04. The normalized spacial score (nSPS) is 13.5. The van der Waals surface area contributed by atoms with Gasteiger partial charge in [0.25, 0.3) is 17.7 Å². The standard InChI is InChI=1S/C24H15Cl4N3O3/c1-12-2-8-16(11-17(12)26)31-23(33)20(28)21(24(31)34)29-15-6-3-13(4-7-15)22(32)30-19-9-5-14(25)10-18(19)27/h2-11,29H,1H3,(H,30,32). The van der Waals surface area contributed by atoms with Crippen LogP contribution in [0.2, 0.25) is 15.1 Å². The first-order valence-electron chi connectivity index (χ1n) is 9.84. The van der Waals surface area contributed by atoms with Crippen molar-refractivity contribution in [3.63, 3.8) is 0 Å². The average Bonchev–Trinajstić information content (AvgIpc) is 3.01. The largest absolute Gasteiger partial charge is 0.350 e. The smallest absolute Gasteiger partial charge is 0.283 e. The van der Waals surface area contributed by atoms with Crippen molar-refractivity contribution in [2.24, 2.45) is 0 Å². The zero-order valence-electron chi connectivity index (χ0n) is 17.5. The molecule has 34 heavy (non-hydrogen) atoms. The van der Waals surface area contributed by atoms with E-state index in [4.69, 9.17) is 46.4 Å². The van der Waals surface area contributed by atoms with E-state index in [0.29, 0.717) is 37.7 Å². The van der Waals surface area contributed by atoms with Gasteiger partial charge in [-0.25, -0.2) is 4.90 Å². The number of halogens is 4. The second kappa shape index (κ2) is 9.68. The fourth-order valence-electron chi connectivity index (χ4n) is 3.20. The number of nitrogens with zero attached hydrogens (tertiary/aromatic N) is 1. The van der Waals surface area contributed by atoms with Gasteiger partial charge in [0, 0.05) is 21.3 Å². The first kappa shape index (κ1) is 24.1. The van der Waals surface area contributed by atoms with E-state index in [1.54, 1.807) is 48.5 Å². The number of aryl methyl sites for hydroxylation is 1. The van der Waals surface area contributed by atoms with Gasteiger partial charge in [-0.3, -0.25) is 14.4 Å². The van der Waals surface area contributed by atoms with Crippen molar-refractivity contribution in [1.29, 1.82) is 0 Å². The molecule has 3 aromatic rings. The lowest BCUT2D eigenvalue weighted by atomic mass is 10.2. The molecular formula is C24H15Cl4N3O3. The number of nitrogens with one attached hydrogen (secondary N) is 2. The molecule has 0 saturated carbocycles. The number of amides is 3. The number of imide groups is 1. The molecule has 0 radical (unpaired) electrons. The predicted molar refractivity (Wildman–Crippen MR) is 136 cm³/mol. The minimum absolute atomic E-state index is 0.0755. The summed E-state index contributed by atoms with van der Waals surface area (Å²) < 4.78 is 0. The molecule has 3 aromatic carbocycles. The monoisotopic (exact) mass is 533 g/mol. The average molecular weight is 535 g/mol. The lowest BCUT2D eigenvalue weighted by molar-refractivity contribution is -0.120. The Labute approximate surface area is 215 Å². The highest BCUT2D eigenvalue weighted by Crippen LogP contribution is 2.32. The van der Waals surface area contributed by atoms with Crippen LogP contribution in [0.3, 0.4) is 0 Å². The molecule has 0 spiro atoms. The van der Waals surface area contributed by atoms with E-state index < -0.39 is 11.8 Å². The van der Waals surface area contributed by atoms with Crippen LogP contribution < -0.4 is 15.5 Å². The Balaban J connectivity index is 1.49. The molecule has 0 aromatic heterocycles. The van der Waals surface area contributed by atoms with E-state index in [2.05, 4.69) is 10.6 Å². The maximum atomic E-state index is 12.9. The summed E-state index contributed by atoms with van der Waals surface area (Å²) >= 11 is 24.3. The highest BCUT2D eigenvalue weighted by molar-refractivity contribution is 6.53. The fourth-order valence-corrected chi connectivity index (χ4v) is 4.04. The Morgan fingerprint density at radius 3 is 2.18 bits per heavy atom. The fraction of sp³-hybridized carbons (Fsp3) is 0.0417. The van der Waals surface area contributed by atoms with Gasteiger partial charge in [0.2, 0.25) is 0 Å². The van der Waals surface area contributed by atoms with Crippen molar-refractivity contribution < 1.29 is 14.4 Å². The summed E-state index contributed by atoms with van der Waals surface area (Å²) in [5, 5.41) is 6.50. The Kier molecular flexibility index (Phi) is 6.86. The van der Waals surface area contributed by atoms with Crippen LogP contribution in [0.1, 0.15) is 15.9 Å². The molecule has 172 valence electrons. The Morgan fingerprint density at radius 1 is 0.824 bits per heavy atom.